The van der Waals surface area contributed by atoms with E-state index in [-0.39, 0.29) is 5.91 Å². The second-order valence-electron chi connectivity index (χ2n) is 6.02. The van der Waals surface area contributed by atoms with Crippen LogP contribution in [0.1, 0.15) is 18.4 Å². The molecular weight excluding hydrogens is 306 g/mol. The maximum absolute atomic E-state index is 12.3. The molecule has 1 aromatic carbocycles. The predicted molar refractivity (Wildman–Crippen MR) is 91.1 cm³/mol. The molecule has 3 rings (SSSR count). The fourth-order valence-electron chi connectivity index (χ4n) is 2.46. The molecular formula is C18H21N3O3. The van der Waals surface area contributed by atoms with E-state index in [0.29, 0.717) is 43.4 Å². The molecule has 0 bridgehead atoms. The Balaban J connectivity index is 1.62. The van der Waals surface area contributed by atoms with E-state index in [2.05, 4.69) is 10.3 Å². The van der Waals surface area contributed by atoms with Crippen LogP contribution in [0.15, 0.2) is 42.6 Å². The summed E-state index contributed by atoms with van der Waals surface area (Å²) in [5.41, 5.74) is 7.03. The second-order valence-corrected chi connectivity index (χ2v) is 6.02. The summed E-state index contributed by atoms with van der Waals surface area (Å²) in [5, 5.41) is 2.81. The molecule has 0 saturated carbocycles. The first-order valence-corrected chi connectivity index (χ1v) is 7.94. The average molecular weight is 327 g/mol. The van der Waals surface area contributed by atoms with Crippen LogP contribution in [0, 0.1) is 6.92 Å². The molecule has 126 valence electrons. The molecule has 1 fully saturated rings. The van der Waals surface area contributed by atoms with Gasteiger partial charge in [-0.15, -0.1) is 0 Å². The summed E-state index contributed by atoms with van der Waals surface area (Å²) < 4.78 is 10.9. The minimum absolute atomic E-state index is 0.209. The van der Waals surface area contributed by atoms with E-state index in [1.165, 1.54) is 0 Å². The average Bonchev–Trinajstić information content (AvgIpc) is 2.59. The Morgan fingerprint density at radius 3 is 2.54 bits per heavy atom. The number of aromatic nitrogens is 1. The highest BCUT2D eigenvalue weighted by Gasteiger charge is 2.35. The first-order valence-electron chi connectivity index (χ1n) is 7.94. The molecule has 6 heteroatoms. The Bertz CT molecular complexity index is 692. The van der Waals surface area contributed by atoms with Gasteiger partial charge in [-0.2, -0.15) is 0 Å². The molecule has 2 heterocycles. The van der Waals surface area contributed by atoms with Crippen LogP contribution in [-0.4, -0.2) is 29.6 Å². The maximum Gasteiger partial charge on any atom is 0.244 e. The zero-order valence-corrected chi connectivity index (χ0v) is 13.6. The van der Waals surface area contributed by atoms with Gasteiger partial charge in [0.15, 0.2) is 0 Å². The van der Waals surface area contributed by atoms with E-state index in [0.717, 1.165) is 5.56 Å². The Hall–Kier alpha value is -2.44. The van der Waals surface area contributed by atoms with E-state index in [4.69, 9.17) is 15.2 Å². The van der Waals surface area contributed by atoms with Crippen molar-refractivity contribution in [2.45, 2.75) is 25.3 Å². The molecule has 1 aliphatic heterocycles. The van der Waals surface area contributed by atoms with Gasteiger partial charge in [-0.1, -0.05) is 17.7 Å². The number of ether oxygens (including phenoxy) is 2. The summed E-state index contributed by atoms with van der Waals surface area (Å²) in [7, 11) is 0. The van der Waals surface area contributed by atoms with Crippen molar-refractivity contribution in [1.29, 1.82) is 0 Å². The molecule has 24 heavy (non-hydrogen) atoms. The van der Waals surface area contributed by atoms with E-state index < -0.39 is 5.54 Å². The monoisotopic (exact) mass is 327 g/mol. The molecule has 1 saturated heterocycles. The zero-order chi connectivity index (χ0) is 17.0. The van der Waals surface area contributed by atoms with Crippen molar-refractivity contribution in [1.82, 2.24) is 4.98 Å². The third-order valence-electron chi connectivity index (χ3n) is 4.07. The number of amides is 1. The lowest BCUT2D eigenvalue weighted by Gasteiger charge is -2.31. The number of hydrogen-bond acceptors (Lipinski definition) is 5. The lowest BCUT2D eigenvalue weighted by atomic mass is 9.90. The van der Waals surface area contributed by atoms with Crippen molar-refractivity contribution in [2.24, 2.45) is 5.73 Å². The molecule has 1 amide bonds. The summed E-state index contributed by atoms with van der Waals surface area (Å²) in [6.45, 7) is 3.03. The van der Waals surface area contributed by atoms with Gasteiger partial charge in [0, 0.05) is 19.3 Å². The molecule has 0 aliphatic carbocycles. The Morgan fingerprint density at radius 1 is 1.21 bits per heavy atom. The van der Waals surface area contributed by atoms with E-state index in [1.807, 2.05) is 31.2 Å². The Labute approximate surface area is 141 Å². The molecule has 6 nitrogen and oxygen atoms in total. The van der Waals surface area contributed by atoms with Gasteiger partial charge in [-0.25, -0.2) is 4.98 Å². The van der Waals surface area contributed by atoms with Gasteiger partial charge in [0.05, 0.1) is 11.9 Å². The highest BCUT2D eigenvalue weighted by molar-refractivity contribution is 5.97. The SMILES string of the molecule is Cc1ccc(Oc2ccc(NC(=O)C3(N)CCOCC3)cn2)cc1. The van der Waals surface area contributed by atoms with Crippen molar-refractivity contribution in [3.63, 3.8) is 0 Å². The van der Waals surface area contributed by atoms with Crippen LogP contribution in [0.4, 0.5) is 5.69 Å². The van der Waals surface area contributed by atoms with Crippen molar-refractivity contribution in [2.75, 3.05) is 18.5 Å². The molecule has 2 aromatic rings. The van der Waals surface area contributed by atoms with Crippen molar-refractivity contribution in [3.8, 4) is 11.6 Å². The van der Waals surface area contributed by atoms with E-state index in [9.17, 15) is 4.79 Å². The summed E-state index contributed by atoms with van der Waals surface area (Å²) in [6.07, 6.45) is 2.59. The van der Waals surface area contributed by atoms with Gasteiger partial charge in [0.2, 0.25) is 11.8 Å². The van der Waals surface area contributed by atoms with Crippen LogP contribution in [0.3, 0.4) is 0 Å². The number of benzene rings is 1. The van der Waals surface area contributed by atoms with Crippen LogP contribution in [-0.2, 0) is 9.53 Å². The fourth-order valence-corrected chi connectivity index (χ4v) is 2.46. The van der Waals surface area contributed by atoms with Crippen LogP contribution >= 0.6 is 0 Å². The van der Waals surface area contributed by atoms with Crippen molar-refractivity contribution >= 4 is 11.6 Å². The van der Waals surface area contributed by atoms with Crippen LogP contribution in [0.2, 0.25) is 0 Å². The third kappa shape index (κ3) is 3.90. The number of aryl methyl sites for hydroxylation is 1. The number of nitrogens with zero attached hydrogens (tertiary/aromatic N) is 1. The van der Waals surface area contributed by atoms with Gasteiger partial charge >= 0.3 is 0 Å². The van der Waals surface area contributed by atoms with E-state index >= 15 is 0 Å². The molecule has 3 N–H and O–H groups in total. The molecule has 1 aromatic heterocycles. The Kier molecular flexibility index (Phi) is 4.78. The number of carbonyl (C=O) groups is 1. The van der Waals surface area contributed by atoms with Gasteiger partial charge in [0.1, 0.15) is 11.3 Å². The highest BCUT2D eigenvalue weighted by atomic mass is 16.5. The predicted octanol–water partition coefficient (Wildman–Crippen LogP) is 2.63. The molecule has 0 radical (unpaired) electrons. The minimum atomic E-state index is -0.880. The summed E-state index contributed by atoms with van der Waals surface area (Å²) >= 11 is 0. The van der Waals surface area contributed by atoms with Crippen LogP contribution in [0.25, 0.3) is 0 Å². The second kappa shape index (κ2) is 6.98. The van der Waals surface area contributed by atoms with E-state index in [1.54, 1.807) is 18.3 Å². The summed E-state index contributed by atoms with van der Waals surface area (Å²) in [4.78, 5) is 16.6. The third-order valence-corrected chi connectivity index (χ3v) is 4.07. The number of rotatable bonds is 4. The number of nitrogens with two attached hydrogens (primary N) is 1. The standard InChI is InChI=1S/C18H21N3O3/c1-13-2-5-15(6-3-13)24-16-7-4-14(12-20-16)21-17(22)18(19)8-10-23-11-9-18/h2-7,12H,8-11,19H2,1H3,(H,21,22). The molecule has 1 aliphatic rings. The zero-order valence-electron chi connectivity index (χ0n) is 13.6. The fraction of sp³-hybridized carbons (Fsp3) is 0.333. The topological polar surface area (TPSA) is 86.5 Å². The van der Waals surface area contributed by atoms with Gasteiger partial charge in [0.25, 0.3) is 0 Å². The normalized spacial score (nSPS) is 16.4. The number of hydrogen-bond donors (Lipinski definition) is 2. The Morgan fingerprint density at radius 2 is 1.92 bits per heavy atom. The smallest absolute Gasteiger partial charge is 0.244 e. The van der Waals surface area contributed by atoms with Crippen LogP contribution < -0.4 is 15.8 Å². The first-order chi connectivity index (χ1) is 11.5. The molecule has 0 spiro atoms. The molecule has 0 unspecified atom stereocenters. The van der Waals surface area contributed by atoms with Gasteiger partial charge < -0.3 is 20.5 Å². The maximum atomic E-state index is 12.3. The largest absolute Gasteiger partial charge is 0.439 e. The van der Waals surface area contributed by atoms with Crippen molar-refractivity contribution in [3.05, 3.63) is 48.2 Å². The molecule has 0 atom stereocenters. The number of nitrogens with one attached hydrogen (secondary N) is 1. The minimum Gasteiger partial charge on any atom is -0.439 e. The number of anilines is 1. The first kappa shape index (κ1) is 16.4. The van der Waals surface area contributed by atoms with Crippen LogP contribution in [0.5, 0.6) is 11.6 Å². The quantitative estimate of drug-likeness (QED) is 0.901. The summed E-state index contributed by atoms with van der Waals surface area (Å²) in [5.74, 6) is 0.971. The van der Waals surface area contributed by atoms with Crippen molar-refractivity contribution < 1.29 is 14.3 Å². The summed E-state index contributed by atoms with van der Waals surface area (Å²) in [6, 6.07) is 11.2. The number of carbonyl (C=O) groups excluding carboxylic acids is 1. The number of pyridine rings is 1. The lowest BCUT2D eigenvalue weighted by molar-refractivity contribution is -0.124. The van der Waals surface area contributed by atoms with Gasteiger partial charge in [-0.3, -0.25) is 4.79 Å². The van der Waals surface area contributed by atoms with Gasteiger partial charge in [-0.05, 0) is 38.0 Å². The lowest BCUT2D eigenvalue weighted by Crippen LogP contribution is -2.54. The highest BCUT2D eigenvalue weighted by Crippen LogP contribution is 2.23.